The molecule has 2 aromatic rings. The van der Waals surface area contributed by atoms with Crippen LogP contribution in [0.25, 0.3) is 11.3 Å². The summed E-state index contributed by atoms with van der Waals surface area (Å²) in [7, 11) is -1.30. The quantitative estimate of drug-likeness (QED) is 0.753. The van der Waals surface area contributed by atoms with E-state index in [4.69, 9.17) is 4.98 Å². The van der Waals surface area contributed by atoms with Gasteiger partial charge in [-0.05, 0) is 42.0 Å². The van der Waals surface area contributed by atoms with Gasteiger partial charge in [-0.15, -0.1) is 0 Å². The molecule has 1 heterocycles. The smallest absolute Gasteiger partial charge is 0.0799 e. The van der Waals surface area contributed by atoms with Crippen LogP contribution in [0.5, 0.6) is 0 Å². The number of hydrogen-bond donors (Lipinski definition) is 0. The first-order chi connectivity index (χ1) is 9.57. The van der Waals surface area contributed by atoms with Crippen molar-refractivity contribution in [3.8, 4) is 11.3 Å². The molecule has 1 aromatic carbocycles. The number of fused-ring (bicyclic) bond motifs is 1. The Bertz CT molecular complexity index is 611. The summed E-state index contributed by atoms with van der Waals surface area (Å²) >= 11 is 0. The summed E-state index contributed by atoms with van der Waals surface area (Å²) < 4.78 is 0. The van der Waals surface area contributed by atoms with Crippen LogP contribution in [0.3, 0.4) is 0 Å². The van der Waals surface area contributed by atoms with Crippen LogP contribution in [0.4, 0.5) is 0 Å². The van der Waals surface area contributed by atoms with E-state index in [-0.39, 0.29) is 0 Å². The van der Waals surface area contributed by atoms with E-state index < -0.39 is 8.07 Å². The van der Waals surface area contributed by atoms with E-state index in [1.54, 1.807) is 10.8 Å². The highest BCUT2D eigenvalue weighted by Crippen LogP contribution is 2.29. The molecule has 0 saturated heterocycles. The van der Waals surface area contributed by atoms with Crippen LogP contribution in [-0.2, 0) is 12.8 Å². The number of hydrogen-bond acceptors (Lipinski definition) is 1. The maximum Gasteiger partial charge on any atom is 0.0799 e. The fourth-order valence-electron chi connectivity index (χ4n) is 3.24. The Morgan fingerprint density at radius 2 is 1.55 bits per heavy atom. The molecule has 1 aromatic heterocycles. The van der Waals surface area contributed by atoms with Crippen molar-refractivity contribution < 1.29 is 0 Å². The molecule has 0 N–H and O–H groups in total. The molecule has 0 fully saturated rings. The largest absolute Gasteiger partial charge is 0.256 e. The summed E-state index contributed by atoms with van der Waals surface area (Å²) in [6.07, 6.45) is 7.27. The minimum absolute atomic E-state index is 1.20. The second-order valence-corrected chi connectivity index (χ2v) is 11.8. The molecule has 1 aliphatic rings. The Morgan fingerprint density at radius 3 is 2.20 bits per heavy atom. The lowest BCUT2D eigenvalue weighted by molar-refractivity contribution is 0.686. The molecule has 0 radical (unpaired) electrons. The molecular formula is C18H23NSi. The molecule has 0 aliphatic heterocycles. The summed E-state index contributed by atoms with van der Waals surface area (Å²) in [5.74, 6) is 0. The van der Waals surface area contributed by atoms with Gasteiger partial charge in [-0.1, -0.05) is 50.0 Å². The van der Waals surface area contributed by atoms with E-state index in [1.165, 1.54) is 42.5 Å². The van der Waals surface area contributed by atoms with E-state index in [9.17, 15) is 0 Å². The van der Waals surface area contributed by atoms with Crippen molar-refractivity contribution in [1.29, 1.82) is 0 Å². The van der Waals surface area contributed by atoms with Gasteiger partial charge in [0.25, 0.3) is 0 Å². The predicted octanol–water partition coefficient (Wildman–Crippen LogP) is 4.17. The lowest BCUT2D eigenvalue weighted by Gasteiger charge is -2.27. The first-order valence-electron chi connectivity index (χ1n) is 7.64. The minimum atomic E-state index is -1.30. The standard InChI is InChI=1S/C18H23NSi/c1-20(2,3)17-13-19-18(14-9-5-4-6-10-14)16-12-8-7-11-15(16)17/h4-6,9-10,13H,7-8,11-12H2,1-3H3. The van der Waals surface area contributed by atoms with E-state index in [0.717, 1.165) is 0 Å². The Morgan fingerprint density at radius 1 is 0.900 bits per heavy atom. The molecule has 1 nitrogen and oxygen atoms in total. The van der Waals surface area contributed by atoms with Crippen LogP contribution >= 0.6 is 0 Å². The van der Waals surface area contributed by atoms with E-state index in [1.807, 2.05) is 0 Å². The van der Waals surface area contributed by atoms with E-state index >= 15 is 0 Å². The van der Waals surface area contributed by atoms with E-state index in [2.05, 4.69) is 56.2 Å². The second kappa shape index (κ2) is 5.17. The summed E-state index contributed by atoms with van der Waals surface area (Å²) in [6.45, 7) is 7.29. The van der Waals surface area contributed by atoms with Crippen molar-refractivity contribution in [2.24, 2.45) is 0 Å². The number of benzene rings is 1. The Kier molecular flexibility index (Phi) is 3.51. The average molecular weight is 281 g/mol. The van der Waals surface area contributed by atoms with Gasteiger partial charge in [-0.3, -0.25) is 4.98 Å². The lowest BCUT2D eigenvalue weighted by atomic mass is 9.89. The fraction of sp³-hybridized carbons (Fsp3) is 0.389. The number of pyridine rings is 1. The zero-order chi connectivity index (χ0) is 14.2. The van der Waals surface area contributed by atoms with Crippen LogP contribution in [0.15, 0.2) is 36.5 Å². The van der Waals surface area contributed by atoms with E-state index in [0.29, 0.717) is 0 Å². The molecule has 0 amide bonds. The van der Waals surface area contributed by atoms with Crippen molar-refractivity contribution in [2.45, 2.75) is 45.3 Å². The van der Waals surface area contributed by atoms with Crippen molar-refractivity contribution >= 4 is 13.3 Å². The summed E-state index contributed by atoms with van der Waals surface area (Å²) in [5, 5.41) is 1.58. The summed E-state index contributed by atoms with van der Waals surface area (Å²) in [4.78, 5) is 4.86. The van der Waals surface area contributed by atoms with Crippen molar-refractivity contribution in [3.63, 3.8) is 0 Å². The molecule has 3 rings (SSSR count). The molecule has 104 valence electrons. The molecule has 20 heavy (non-hydrogen) atoms. The fourth-order valence-corrected chi connectivity index (χ4v) is 4.87. The SMILES string of the molecule is C[Si](C)(C)c1cnc(-c2ccccc2)c2c1CCCC2. The van der Waals surface area contributed by atoms with Gasteiger partial charge < -0.3 is 0 Å². The van der Waals surface area contributed by atoms with Gasteiger partial charge in [0, 0.05) is 11.8 Å². The molecule has 1 aliphatic carbocycles. The van der Waals surface area contributed by atoms with Gasteiger partial charge in [-0.25, -0.2) is 0 Å². The van der Waals surface area contributed by atoms with Gasteiger partial charge >= 0.3 is 0 Å². The molecule has 2 heteroatoms. The van der Waals surface area contributed by atoms with Gasteiger partial charge in [0.2, 0.25) is 0 Å². The van der Waals surface area contributed by atoms with Gasteiger partial charge in [-0.2, -0.15) is 0 Å². The Balaban J connectivity index is 2.19. The van der Waals surface area contributed by atoms with Crippen LogP contribution in [0.1, 0.15) is 24.0 Å². The topological polar surface area (TPSA) is 12.9 Å². The van der Waals surface area contributed by atoms with Crippen molar-refractivity contribution in [3.05, 3.63) is 47.7 Å². The molecule has 0 atom stereocenters. The van der Waals surface area contributed by atoms with Crippen molar-refractivity contribution in [2.75, 3.05) is 0 Å². The number of aromatic nitrogens is 1. The van der Waals surface area contributed by atoms with Gasteiger partial charge in [0.15, 0.2) is 0 Å². The molecule has 0 unspecified atom stereocenters. The summed E-state index contributed by atoms with van der Waals surface area (Å²) in [5.41, 5.74) is 5.65. The Labute approximate surface area is 123 Å². The normalized spacial score (nSPS) is 14.9. The Hall–Kier alpha value is -1.41. The molecule has 0 saturated carbocycles. The predicted molar refractivity (Wildman–Crippen MR) is 89.3 cm³/mol. The zero-order valence-electron chi connectivity index (χ0n) is 12.7. The maximum absolute atomic E-state index is 4.86. The molecule has 0 spiro atoms. The maximum atomic E-state index is 4.86. The minimum Gasteiger partial charge on any atom is -0.256 e. The number of nitrogens with zero attached hydrogens (tertiary/aromatic N) is 1. The molecule has 0 bridgehead atoms. The summed E-state index contributed by atoms with van der Waals surface area (Å²) in [6, 6.07) is 10.7. The second-order valence-electron chi connectivity index (χ2n) is 6.80. The monoisotopic (exact) mass is 281 g/mol. The van der Waals surface area contributed by atoms with Crippen molar-refractivity contribution in [1.82, 2.24) is 4.98 Å². The van der Waals surface area contributed by atoms with Crippen LogP contribution in [0, 0.1) is 0 Å². The first-order valence-corrected chi connectivity index (χ1v) is 11.1. The third-order valence-electron chi connectivity index (χ3n) is 4.26. The van der Waals surface area contributed by atoms with Crippen LogP contribution < -0.4 is 5.19 Å². The zero-order valence-corrected chi connectivity index (χ0v) is 13.7. The van der Waals surface area contributed by atoms with Crippen LogP contribution in [-0.4, -0.2) is 13.1 Å². The lowest BCUT2D eigenvalue weighted by Crippen LogP contribution is -2.42. The van der Waals surface area contributed by atoms with Crippen LogP contribution in [0.2, 0.25) is 19.6 Å². The molecular weight excluding hydrogens is 258 g/mol. The third-order valence-corrected chi connectivity index (χ3v) is 6.30. The third kappa shape index (κ3) is 2.45. The average Bonchev–Trinajstić information content (AvgIpc) is 2.46. The highest BCUT2D eigenvalue weighted by atomic mass is 28.3. The highest BCUT2D eigenvalue weighted by molar-refractivity contribution is 6.89. The van der Waals surface area contributed by atoms with Gasteiger partial charge in [0.05, 0.1) is 13.8 Å². The highest BCUT2D eigenvalue weighted by Gasteiger charge is 2.26. The van der Waals surface area contributed by atoms with Gasteiger partial charge in [0.1, 0.15) is 0 Å². The number of rotatable bonds is 2. The first kappa shape index (κ1) is 13.6.